The lowest BCUT2D eigenvalue weighted by Gasteiger charge is -2.32. The van der Waals surface area contributed by atoms with Gasteiger partial charge in [-0.25, -0.2) is 0 Å². The first-order chi connectivity index (χ1) is 11.0. The molecule has 0 radical (unpaired) electrons. The second kappa shape index (κ2) is 6.63. The number of nitrogens with two attached hydrogens (primary N) is 1. The SMILES string of the molecule is Cc1ccc(C(=O)N2CCC(c3ccc(Cl)cc3)CC2)cc1N. The minimum absolute atomic E-state index is 0.0752. The molecular formula is C19H21ClN2O. The average Bonchev–Trinajstić information content (AvgIpc) is 2.57. The first-order valence-electron chi connectivity index (χ1n) is 7.95. The van der Waals surface area contributed by atoms with Crippen LogP contribution in [0.4, 0.5) is 5.69 Å². The summed E-state index contributed by atoms with van der Waals surface area (Å²) in [4.78, 5) is 14.5. The summed E-state index contributed by atoms with van der Waals surface area (Å²) in [6, 6.07) is 13.6. The van der Waals surface area contributed by atoms with Crippen molar-refractivity contribution in [1.82, 2.24) is 4.90 Å². The third kappa shape index (κ3) is 3.50. The highest BCUT2D eigenvalue weighted by molar-refractivity contribution is 6.30. The number of amides is 1. The zero-order valence-corrected chi connectivity index (χ0v) is 14.0. The van der Waals surface area contributed by atoms with E-state index in [1.807, 2.05) is 36.1 Å². The molecule has 2 N–H and O–H groups in total. The van der Waals surface area contributed by atoms with E-state index in [2.05, 4.69) is 12.1 Å². The van der Waals surface area contributed by atoms with Gasteiger partial charge in [0, 0.05) is 29.4 Å². The van der Waals surface area contributed by atoms with Gasteiger partial charge in [0.15, 0.2) is 0 Å². The van der Waals surface area contributed by atoms with E-state index in [0.717, 1.165) is 36.5 Å². The molecule has 0 aliphatic carbocycles. The molecule has 1 fully saturated rings. The highest BCUT2D eigenvalue weighted by Crippen LogP contribution is 2.29. The second-order valence-electron chi connectivity index (χ2n) is 6.19. The zero-order valence-electron chi connectivity index (χ0n) is 13.3. The Bertz CT molecular complexity index is 704. The van der Waals surface area contributed by atoms with Crippen LogP contribution in [0.15, 0.2) is 42.5 Å². The number of nitrogen functional groups attached to an aromatic ring is 1. The van der Waals surface area contributed by atoms with Crippen molar-refractivity contribution in [2.45, 2.75) is 25.7 Å². The fraction of sp³-hybridized carbons (Fsp3) is 0.316. The summed E-state index contributed by atoms with van der Waals surface area (Å²) in [6.45, 7) is 3.50. The van der Waals surface area contributed by atoms with Crippen molar-refractivity contribution in [1.29, 1.82) is 0 Å². The molecule has 4 heteroatoms. The topological polar surface area (TPSA) is 46.3 Å². The Morgan fingerprint density at radius 1 is 1.13 bits per heavy atom. The fourth-order valence-corrected chi connectivity index (χ4v) is 3.23. The molecule has 23 heavy (non-hydrogen) atoms. The number of hydrogen-bond donors (Lipinski definition) is 1. The van der Waals surface area contributed by atoms with Crippen molar-refractivity contribution in [2.75, 3.05) is 18.8 Å². The minimum atomic E-state index is 0.0752. The lowest BCUT2D eigenvalue weighted by atomic mass is 9.89. The van der Waals surface area contributed by atoms with E-state index < -0.39 is 0 Å². The van der Waals surface area contributed by atoms with Crippen molar-refractivity contribution >= 4 is 23.2 Å². The number of carbonyl (C=O) groups excluding carboxylic acids is 1. The molecule has 2 aromatic carbocycles. The number of hydrogen-bond acceptors (Lipinski definition) is 2. The van der Waals surface area contributed by atoms with Gasteiger partial charge in [-0.05, 0) is 61.1 Å². The Balaban J connectivity index is 1.65. The van der Waals surface area contributed by atoms with Crippen LogP contribution in [0, 0.1) is 6.92 Å². The molecule has 1 aliphatic rings. The van der Waals surface area contributed by atoms with Gasteiger partial charge in [0.25, 0.3) is 5.91 Å². The molecule has 3 nitrogen and oxygen atoms in total. The van der Waals surface area contributed by atoms with Crippen LogP contribution >= 0.6 is 11.6 Å². The number of nitrogens with zero attached hydrogens (tertiary/aromatic N) is 1. The van der Waals surface area contributed by atoms with E-state index in [1.54, 1.807) is 6.07 Å². The first-order valence-corrected chi connectivity index (χ1v) is 8.33. The average molecular weight is 329 g/mol. The predicted octanol–water partition coefficient (Wildman–Crippen LogP) is 4.25. The maximum Gasteiger partial charge on any atom is 0.253 e. The molecule has 1 aliphatic heterocycles. The van der Waals surface area contributed by atoms with Gasteiger partial charge in [0.2, 0.25) is 0 Å². The maximum absolute atomic E-state index is 12.6. The summed E-state index contributed by atoms with van der Waals surface area (Å²) >= 11 is 5.94. The summed E-state index contributed by atoms with van der Waals surface area (Å²) in [7, 11) is 0. The van der Waals surface area contributed by atoms with Crippen LogP contribution < -0.4 is 5.73 Å². The van der Waals surface area contributed by atoms with Gasteiger partial charge >= 0.3 is 0 Å². The highest BCUT2D eigenvalue weighted by Gasteiger charge is 2.24. The lowest BCUT2D eigenvalue weighted by molar-refractivity contribution is 0.0713. The Hall–Kier alpha value is -2.00. The largest absolute Gasteiger partial charge is 0.398 e. The van der Waals surface area contributed by atoms with Gasteiger partial charge < -0.3 is 10.6 Å². The first kappa shape index (κ1) is 15.9. The molecule has 3 rings (SSSR count). The molecule has 0 atom stereocenters. The molecule has 2 aromatic rings. The number of anilines is 1. The van der Waals surface area contributed by atoms with E-state index in [9.17, 15) is 4.79 Å². The molecule has 0 saturated carbocycles. The number of carbonyl (C=O) groups is 1. The number of rotatable bonds is 2. The van der Waals surface area contributed by atoms with Crippen molar-refractivity contribution < 1.29 is 4.79 Å². The molecule has 1 amide bonds. The van der Waals surface area contributed by atoms with Crippen LogP contribution in [0.3, 0.4) is 0 Å². The number of halogens is 1. The van der Waals surface area contributed by atoms with Crippen LogP contribution in [-0.2, 0) is 0 Å². The van der Waals surface area contributed by atoms with Crippen molar-refractivity contribution in [2.24, 2.45) is 0 Å². The monoisotopic (exact) mass is 328 g/mol. The Morgan fingerprint density at radius 2 is 1.78 bits per heavy atom. The summed E-state index contributed by atoms with van der Waals surface area (Å²) in [6.07, 6.45) is 1.96. The molecule has 0 unspecified atom stereocenters. The van der Waals surface area contributed by atoms with Crippen molar-refractivity contribution in [3.05, 3.63) is 64.2 Å². The summed E-state index contributed by atoms with van der Waals surface area (Å²) in [5, 5.41) is 0.762. The number of likely N-dealkylation sites (tertiary alicyclic amines) is 1. The molecule has 0 aromatic heterocycles. The minimum Gasteiger partial charge on any atom is -0.398 e. The fourth-order valence-electron chi connectivity index (χ4n) is 3.11. The van der Waals surface area contributed by atoms with Gasteiger partial charge in [-0.15, -0.1) is 0 Å². The van der Waals surface area contributed by atoms with E-state index >= 15 is 0 Å². The van der Waals surface area contributed by atoms with Crippen LogP contribution in [0.1, 0.15) is 40.2 Å². The van der Waals surface area contributed by atoms with Gasteiger partial charge in [-0.2, -0.15) is 0 Å². The standard InChI is InChI=1S/C19H21ClN2O/c1-13-2-3-16(12-18(13)21)19(23)22-10-8-15(9-11-22)14-4-6-17(20)7-5-14/h2-7,12,15H,8-11,21H2,1H3. The van der Waals surface area contributed by atoms with Crippen LogP contribution in [0.25, 0.3) is 0 Å². The molecule has 0 spiro atoms. The molecule has 1 heterocycles. The van der Waals surface area contributed by atoms with Crippen LogP contribution in [-0.4, -0.2) is 23.9 Å². The lowest BCUT2D eigenvalue weighted by Crippen LogP contribution is -2.37. The third-order valence-corrected chi connectivity index (χ3v) is 4.90. The zero-order chi connectivity index (χ0) is 16.4. The summed E-state index contributed by atoms with van der Waals surface area (Å²) < 4.78 is 0. The number of piperidine rings is 1. The van der Waals surface area contributed by atoms with Gasteiger partial charge in [0.1, 0.15) is 0 Å². The smallest absolute Gasteiger partial charge is 0.253 e. The maximum atomic E-state index is 12.6. The van der Waals surface area contributed by atoms with E-state index in [1.165, 1.54) is 5.56 Å². The Morgan fingerprint density at radius 3 is 2.39 bits per heavy atom. The van der Waals surface area contributed by atoms with Gasteiger partial charge in [-0.3, -0.25) is 4.79 Å². The van der Waals surface area contributed by atoms with Gasteiger partial charge in [-0.1, -0.05) is 29.8 Å². The number of aryl methyl sites for hydroxylation is 1. The third-order valence-electron chi connectivity index (χ3n) is 4.65. The number of benzene rings is 2. The van der Waals surface area contributed by atoms with Crippen molar-refractivity contribution in [3.63, 3.8) is 0 Å². The molecular weight excluding hydrogens is 308 g/mol. The van der Waals surface area contributed by atoms with Crippen LogP contribution in [0.5, 0.6) is 0 Å². The second-order valence-corrected chi connectivity index (χ2v) is 6.63. The molecule has 1 saturated heterocycles. The summed E-state index contributed by atoms with van der Waals surface area (Å²) in [5.74, 6) is 0.575. The van der Waals surface area contributed by atoms with Crippen molar-refractivity contribution in [3.8, 4) is 0 Å². The highest BCUT2D eigenvalue weighted by atomic mass is 35.5. The van der Waals surface area contributed by atoms with E-state index in [0.29, 0.717) is 17.2 Å². The quantitative estimate of drug-likeness (QED) is 0.838. The predicted molar refractivity (Wildman–Crippen MR) is 94.9 cm³/mol. The normalized spacial score (nSPS) is 15.7. The van der Waals surface area contributed by atoms with Gasteiger partial charge in [0.05, 0.1) is 0 Å². The Labute approximate surface area is 142 Å². The van der Waals surface area contributed by atoms with Crippen LogP contribution in [0.2, 0.25) is 5.02 Å². The Kier molecular flexibility index (Phi) is 4.58. The summed E-state index contributed by atoms with van der Waals surface area (Å²) in [5.41, 5.74) is 9.58. The van der Waals surface area contributed by atoms with E-state index in [-0.39, 0.29) is 5.91 Å². The van der Waals surface area contributed by atoms with E-state index in [4.69, 9.17) is 17.3 Å². The molecule has 0 bridgehead atoms. The molecule has 120 valence electrons.